The summed E-state index contributed by atoms with van der Waals surface area (Å²) < 4.78 is 28.3. The van der Waals surface area contributed by atoms with Crippen LogP contribution in [0.15, 0.2) is 59.8 Å². The van der Waals surface area contributed by atoms with Crippen LogP contribution in [0.5, 0.6) is 0 Å². The third kappa shape index (κ3) is 3.15. The number of hydrogen-bond donors (Lipinski definition) is 0. The van der Waals surface area contributed by atoms with Crippen molar-refractivity contribution in [3.05, 3.63) is 77.0 Å². The number of allylic oxidation sites excluding steroid dienone is 2. The molecule has 0 N–H and O–H groups in total. The van der Waals surface area contributed by atoms with Crippen LogP contribution in [-0.2, 0) is 9.59 Å². The van der Waals surface area contributed by atoms with E-state index in [1.165, 1.54) is 23.1 Å². The molecule has 1 unspecified atom stereocenters. The molecule has 0 spiro atoms. The van der Waals surface area contributed by atoms with Crippen molar-refractivity contribution >= 4 is 17.4 Å². The van der Waals surface area contributed by atoms with E-state index in [4.69, 9.17) is 0 Å². The molecule has 144 valence electrons. The van der Waals surface area contributed by atoms with Gasteiger partial charge >= 0.3 is 0 Å². The Kier molecular flexibility index (Phi) is 4.41. The van der Waals surface area contributed by atoms with Gasteiger partial charge in [0.25, 0.3) is 0 Å². The third-order valence-electron chi connectivity index (χ3n) is 5.49. The molecule has 28 heavy (non-hydrogen) atoms. The maximum absolute atomic E-state index is 14.5. The van der Waals surface area contributed by atoms with Gasteiger partial charge in [0.05, 0.1) is 5.69 Å². The predicted octanol–water partition coefficient (Wildman–Crippen LogP) is 5.13. The Morgan fingerprint density at radius 3 is 2.46 bits per heavy atom. The molecule has 1 atom stereocenters. The van der Waals surface area contributed by atoms with Gasteiger partial charge in [-0.3, -0.25) is 14.5 Å². The van der Waals surface area contributed by atoms with Gasteiger partial charge < -0.3 is 0 Å². The molecule has 1 amide bonds. The van der Waals surface area contributed by atoms with Crippen molar-refractivity contribution in [1.29, 1.82) is 0 Å². The molecule has 0 radical (unpaired) electrons. The van der Waals surface area contributed by atoms with E-state index in [2.05, 4.69) is 0 Å². The molecule has 1 aliphatic carbocycles. The molecule has 0 saturated carbocycles. The number of hydrogen-bond acceptors (Lipinski definition) is 2. The van der Waals surface area contributed by atoms with E-state index in [9.17, 15) is 18.4 Å². The molecule has 2 aromatic rings. The molecule has 0 saturated heterocycles. The Hall–Kier alpha value is -2.82. The van der Waals surface area contributed by atoms with Crippen LogP contribution in [0.25, 0.3) is 0 Å². The number of amides is 1. The first-order valence-corrected chi connectivity index (χ1v) is 9.36. The second-order valence-corrected chi connectivity index (χ2v) is 8.29. The molecule has 3 nitrogen and oxygen atoms in total. The Morgan fingerprint density at radius 1 is 1.00 bits per heavy atom. The second kappa shape index (κ2) is 6.66. The Morgan fingerprint density at radius 2 is 1.75 bits per heavy atom. The van der Waals surface area contributed by atoms with Gasteiger partial charge in [-0.15, -0.1) is 0 Å². The molecule has 0 bridgehead atoms. The quantitative estimate of drug-likeness (QED) is 0.723. The van der Waals surface area contributed by atoms with Crippen LogP contribution in [-0.4, -0.2) is 11.7 Å². The van der Waals surface area contributed by atoms with Gasteiger partial charge in [0.1, 0.15) is 11.6 Å². The third-order valence-corrected chi connectivity index (χ3v) is 5.49. The number of anilines is 1. The maximum Gasteiger partial charge on any atom is 0.232 e. The smallest absolute Gasteiger partial charge is 0.232 e. The number of carbonyl (C=O) groups is 2. The van der Waals surface area contributed by atoms with Gasteiger partial charge in [0, 0.05) is 30.0 Å². The summed E-state index contributed by atoms with van der Waals surface area (Å²) in [6.45, 7) is 3.93. The Balaban J connectivity index is 1.93. The number of halogens is 2. The summed E-state index contributed by atoms with van der Waals surface area (Å²) in [5.41, 5.74) is 1.46. The van der Waals surface area contributed by atoms with Crippen molar-refractivity contribution in [3.8, 4) is 0 Å². The minimum Gasteiger partial charge on any atom is -0.294 e. The fourth-order valence-corrected chi connectivity index (χ4v) is 4.34. The zero-order valence-electron chi connectivity index (χ0n) is 15.8. The van der Waals surface area contributed by atoms with Crippen LogP contribution in [0.3, 0.4) is 0 Å². The zero-order valence-corrected chi connectivity index (χ0v) is 15.8. The minimum atomic E-state index is -0.511. The molecule has 4 rings (SSSR count). The Labute approximate surface area is 162 Å². The highest BCUT2D eigenvalue weighted by Gasteiger charge is 2.44. The lowest BCUT2D eigenvalue weighted by Crippen LogP contribution is -2.44. The summed E-state index contributed by atoms with van der Waals surface area (Å²) >= 11 is 0. The van der Waals surface area contributed by atoms with E-state index in [0.29, 0.717) is 29.7 Å². The number of rotatable bonds is 2. The number of Topliss-reactive ketones (excluding diaryl/α,β-unsaturated/α-hetero) is 1. The van der Waals surface area contributed by atoms with E-state index >= 15 is 0 Å². The van der Waals surface area contributed by atoms with Gasteiger partial charge in [-0.2, -0.15) is 0 Å². The highest BCUT2D eigenvalue weighted by molar-refractivity contribution is 6.07. The van der Waals surface area contributed by atoms with E-state index in [1.807, 2.05) is 13.8 Å². The predicted molar refractivity (Wildman–Crippen MR) is 103 cm³/mol. The van der Waals surface area contributed by atoms with Crippen molar-refractivity contribution in [2.75, 3.05) is 4.90 Å². The first-order valence-electron chi connectivity index (χ1n) is 9.36. The molecular weight excluding hydrogens is 360 g/mol. The molecule has 1 aliphatic heterocycles. The summed E-state index contributed by atoms with van der Waals surface area (Å²) in [6, 6.07) is 12.1. The van der Waals surface area contributed by atoms with Crippen molar-refractivity contribution in [2.45, 2.75) is 39.0 Å². The standard InChI is InChI=1S/C23H21F2NO2/c1-23(2)12-19-22(20(27)13-23)16(14-6-5-7-15(24)10-14)11-21(28)26(19)18-9-4-3-8-17(18)25/h3-10,16H,11-13H2,1-2H3. The van der Waals surface area contributed by atoms with Crippen molar-refractivity contribution in [2.24, 2.45) is 5.41 Å². The summed E-state index contributed by atoms with van der Waals surface area (Å²) in [6.07, 6.45) is 0.819. The summed E-state index contributed by atoms with van der Waals surface area (Å²) in [7, 11) is 0. The lowest BCUT2D eigenvalue weighted by molar-refractivity contribution is -0.121. The van der Waals surface area contributed by atoms with Crippen molar-refractivity contribution in [3.63, 3.8) is 0 Å². The SMILES string of the molecule is CC1(C)CC(=O)C2=C(C1)N(c1ccccc1F)C(=O)CC2c1cccc(F)c1. The normalized spacial score (nSPS) is 21.7. The maximum atomic E-state index is 14.5. The first-order chi connectivity index (χ1) is 13.3. The monoisotopic (exact) mass is 381 g/mol. The van der Waals surface area contributed by atoms with Crippen LogP contribution in [0.2, 0.25) is 0 Å². The average molecular weight is 381 g/mol. The molecular formula is C23H21F2NO2. The van der Waals surface area contributed by atoms with E-state index in [0.717, 1.165) is 0 Å². The number of ketones is 1. The molecule has 0 aromatic heterocycles. The minimum absolute atomic E-state index is 0.00277. The largest absolute Gasteiger partial charge is 0.294 e. The van der Waals surface area contributed by atoms with E-state index in [-0.39, 0.29) is 29.2 Å². The van der Waals surface area contributed by atoms with Gasteiger partial charge in [0.2, 0.25) is 5.91 Å². The highest BCUT2D eigenvalue weighted by atomic mass is 19.1. The molecule has 2 aliphatic rings. The first kappa shape index (κ1) is 18.5. The molecule has 2 aromatic carbocycles. The van der Waals surface area contributed by atoms with Crippen molar-refractivity contribution in [1.82, 2.24) is 0 Å². The number of carbonyl (C=O) groups excluding carboxylic acids is 2. The number of para-hydroxylation sites is 1. The van der Waals surface area contributed by atoms with Crippen LogP contribution >= 0.6 is 0 Å². The van der Waals surface area contributed by atoms with E-state index < -0.39 is 17.6 Å². The lowest BCUT2D eigenvalue weighted by Gasteiger charge is -2.43. The zero-order chi connectivity index (χ0) is 20.1. The topological polar surface area (TPSA) is 37.4 Å². The van der Waals surface area contributed by atoms with Gasteiger partial charge in [0.15, 0.2) is 5.78 Å². The highest BCUT2D eigenvalue weighted by Crippen LogP contribution is 2.48. The fourth-order valence-electron chi connectivity index (χ4n) is 4.34. The van der Waals surface area contributed by atoms with Crippen LogP contribution in [0.1, 0.15) is 44.6 Å². The molecule has 5 heteroatoms. The van der Waals surface area contributed by atoms with Crippen LogP contribution in [0.4, 0.5) is 14.5 Å². The fraction of sp³-hybridized carbons (Fsp3) is 0.304. The Bertz CT molecular complexity index is 1010. The molecule has 1 heterocycles. The summed E-state index contributed by atoms with van der Waals surface area (Å²) in [5, 5.41) is 0. The second-order valence-electron chi connectivity index (χ2n) is 8.29. The van der Waals surface area contributed by atoms with E-state index in [1.54, 1.807) is 30.3 Å². The van der Waals surface area contributed by atoms with Crippen LogP contribution in [0, 0.1) is 17.0 Å². The van der Waals surface area contributed by atoms with Gasteiger partial charge in [-0.05, 0) is 41.7 Å². The molecule has 0 fully saturated rings. The summed E-state index contributed by atoms with van der Waals surface area (Å²) in [4.78, 5) is 27.6. The number of nitrogens with zero attached hydrogens (tertiary/aromatic N) is 1. The van der Waals surface area contributed by atoms with Crippen LogP contribution < -0.4 is 4.90 Å². The summed E-state index contributed by atoms with van der Waals surface area (Å²) in [5.74, 6) is -1.78. The number of benzene rings is 2. The lowest BCUT2D eigenvalue weighted by atomic mass is 9.69. The van der Waals surface area contributed by atoms with Crippen molar-refractivity contribution < 1.29 is 18.4 Å². The van der Waals surface area contributed by atoms with Gasteiger partial charge in [-0.1, -0.05) is 38.1 Å². The van der Waals surface area contributed by atoms with Gasteiger partial charge in [-0.25, -0.2) is 8.78 Å². The average Bonchev–Trinajstić information content (AvgIpc) is 2.61.